The summed E-state index contributed by atoms with van der Waals surface area (Å²) in [6, 6.07) is 2.44. The van der Waals surface area contributed by atoms with Crippen molar-refractivity contribution in [3.63, 3.8) is 0 Å². The molecule has 1 amide bonds. The summed E-state index contributed by atoms with van der Waals surface area (Å²) in [5, 5.41) is 3.22. The van der Waals surface area contributed by atoms with Crippen LogP contribution in [-0.4, -0.2) is 39.6 Å². The van der Waals surface area contributed by atoms with Crippen LogP contribution in [0.25, 0.3) is 11.0 Å². The second-order valence-corrected chi connectivity index (χ2v) is 7.52. The maximum Gasteiger partial charge on any atom is 0.220 e. The Hall–Kier alpha value is -2.11. The molecule has 2 aliphatic rings. The first-order valence-electron chi connectivity index (χ1n) is 9.51. The molecule has 3 heterocycles. The molecular weight excluding hydrogens is 314 g/mol. The van der Waals surface area contributed by atoms with Gasteiger partial charge in [0.2, 0.25) is 11.9 Å². The molecule has 2 aromatic rings. The molecule has 1 aliphatic heterocycles. The van der Waals surface area contributed by atoms with Crippen molar-refractivity contribution < 1.29 is 4.79 Å². The zero-order valence-electron chi connectivity index (χ0n) is 14.9. The molecule has 1 saturated carbocycles. The Labute approximate surface area is 148 Å². The van der Waals surface area contributed by atoms with E-state index in [1.165, 1.54) is 12.8 Å². The quantitative estimate of drug-likeness (QED) is 0.928. The van der Waals surface area contributed by atoms with Crippen LogP contribution < -0.4 is 10.2 Å². The fourth-order valence-corrected chi connectivity index (χ4v) is 4.28. The number of imidazole rings is 1. The Morgan fingerprint density at radius 1 is 1.24 bits per heavy atom. The van der Waals surface area contributed by atoms with Crippen molar-refractivity contribution in [1.29, 1.82) is 0 Å². The third kappa shape index (κ3) is 3.48. The van der Waals surface area contributed by atoms with Gasteiger partial charge in [-0.2, -0.15) is 0 Å². The summed E-state index contributed by atoms with van der Waals surface area (Å²) < 4.78 is 2.14. The first kappa shape index (κ1) is 16.4. The Bertz CT molecular complexity index is 741. The minimum atomic E-state index is 0.249. The number of nitrogens with one attached hydrogen (secondary N) is 1. The average Bonchev–Trinajstić information content (AvgIpc) is 3.24. The zero-order valence-corrected chi connectivity index (χ0v) is 14.9. The Kier molecular flexibility index (Phi) is 4.59. The van der Waals surface area contributed by atoms with Gasteiger partial charge in [0.05, 0.1) is 11.7 Å². The highest BCUT2D eigenvalue weighted by Gasteiger charge is 2.25. The van der Waals surface area contributed by atoms with Crippen LogP contribution >= 0.6 is 0 Å². The number of aryl methyl sites for hydroxylation is 1. The number of carbonyl (C=O) groups excluding carboxylic acids is 1. The van der Waals surface area contributed by atoms with E-state index in [1.54, 1.807) is 0 Å². The molecule has 2 fully saturated rings. The van der Waals surface area contributed by atoms with Crippen LogP contribution in [0.2, 0.25) is 0 Å². The van der Waals surface area contributed by atoms with Crippen LogP contribution in [0, 0.1) is 5.92 Å². The molecule has 6 nitrogen and oxygen atoms in total. The predicted octanol–water partition coefficient (Wildman–Crippen LogP) is 2.63. The van der Waals surface area contributed by atoms with E-state index in [-0.39, 0.29) is 5.91 Å². The summed E-state index contributed by atoms with van der Waals surface area (Å²) in [6.07, 6.45) is 11.3. The molecule has 0 radical (unpaired) electrons. The molecule has 25 heavy (non-hydrogen) atoms. The van der Waals surface area contributed by atoms with Crippen LogP contribution in [0.15, 0.2) is 18.5 Å². The van der Waals surface area contributed by atoms with Gasteiger partial charge in [-0.05, 0) is 37.7 Å². The molecule has 0 spiro atoms. The van der Waals surface area contributed by atoms with Crippen molar-refractivity contribution in [3.05, 3.63) is 18.5 Å². The molecule has 4 rings (SSSR count). The lowest BCUT2D eigenvalue weighted by Crippen LogP contribution is -2.38. The van der Waals surface area contributed by atoms with E-state index in [1.807, 2.05) is 18.5 Å². The van der Waals surface area contributed by atoms with Gasteiger partial charge in [0.15, 0.2) is 0 Å². The number of carbonyl (C=O) groups is 1. The standard InChI is InChI=1S/C19H27N5O/c1-23-17-6-9-20-13-16(17)22-19(23)24-10-7-14(8-11-24)12-18(25)21-15-4-2-3-5-15/h6,9,13-15H,2-5,7-8,10-12H2,1H3,(H,21,25). The third-order valence-corrected chi connectivity index (χ3v) is 5.75. The molecule has 0 bridgehead atoms. The first-order chi connectivity index (χ1) is 12.2. The van der Waals surface area contributed by atoms with Gasteiger partial charge in [0.25, 0.3) is 0 Å². The number of anilines is 1. The molecule has 1 saturated heterocycles. The number of amides is 1. The highest BCUT2D eigenvalue weighted by molar-refractivity contribution is 5.78. The summed E-state index contributed by atoms with van der Waals surface area (Å²) in [6.45, 7) is 1.93. The average molecular weight is 341 g/mol. The smallest absolute Gasteiger partial charge is 0.220 e. The topological polar surface area (TPSA) is 63.1 Å². The van der Waals surface area contributed by atoms with Crippen molar-refractivity contribution in [2.75, 3.05) is 18.0 Å². The van der Waals surface area contributed by atoms with E-state index in [0.29, 0.717) is 18.4 Å². The maximum atomic E-state index is 12.2. The molecular formula is C19H27N5O. The van der Waals surface area contributed by atoms with Crippen molar-refractivity contribution >= 4 is 22.9 Å². The van der Waals surface area contributed by atoms with Gasteiger partial charge >= 0.3 is 0 Å². The van der Waals surface area contributed by atoms with E-state index in [9.17, 15) is 4.79 Å². The zero-order chi connectivity index (χ0) is 17.2. The molecule has 134 valence electrons. The number of nitrogens with zero attached hydrogens (tertiary/aromatic N) is 4. The van der Waals surface area contributed by atoms with Crippen molar-refractivity contribution in [1.82, 2.24) is 19.9 Å². The number of hydrogen-bond acceptors (Lipinski definition) is 4. The molecule has 2 aromatic heterocycles. The largest absolute Gasteiger partial charge is 0.353 e. The van der Waals surface area contributed by atoms with Crippen molar-refractivity contribution in [2.24, 2.45) is 13.0 Å². The summed E-state index contributed by atoms with van der Waals surface area (Å²) in [5.41, 5.74) is 2.06. The predicted molar refractivity (Wildman–Crippen MR) is 98.5 cm³/mol. The molecule has 1 N–H and O–H groups in total. The lowest BCUT2D eigenvalue weighted by molar-refractivity contribution is -0.122. The summed E-state index contributed by atoms with van der Waals surface area (Å²) >= 11 is 0. The second-order valence-electron chi connectivity index (χ2n) is 7.52. The van der Waals surface area contributed by atoms with E-state index < -0.39 is 0 Å². The Morgan fingerprint density at radius 3 is 2.72 bits per heavy atom. The lowest BCUT2D eigenvalue weighted by atomic mass is 9.93. The highest BCUT2D eigenvalue weighted by atomic mass is 16.1. The van der Waals surface area contributed by atoms with E-state index in [2.05, 4.69) is 26.8 Å². The number of pyridine rings is 1. The van der Waals surface area contributed by atoms with Crippen LogP contribution in [0.1, 0.15) is 44.9 Å². The number of piperidine rings is 1. The molecule has 6 heteroatoms. The number of rotatable bonds is 4. The van der Waals surface area contributed by atoms with Gasteiger partial charge in [-0.3, -0.25) is 9.78 Å². The second kappa shape index (κ2) is 7.02. The minimum Gasteiger partial charge on any atom is -0.353 e. The van der Waals surface area contributed by atoms with Crippen LogP contribution in [-0.2, 0) is 11.8 Å². The van der Waals surface area contributed by atoms with E-state index in [4.69, 9.17) is 4.98 Å². The normalized spacial score (nSPS) is 19.6. The number of fused-ring (bicyclic) bond motifs is 1. The summed E-state index contributed by atoms with van der Waals surface area (Å²) in [4.78, 5) is 23.5. The monoisotopic (exact) mass is 341 g/mol. The Morgan fingerprint density at radius 2 is 2.00 bits per heavy atom. The van der Waals surface area contributed by atoms with Gasteiger partial charge in [-0.15, -0.1) is 0 Å². The van der Waals surface area contributed by atoms with Gasteiger partial charge < -0.3 is 14.8 Å². The maximum absolute atomic E-state index is 12.2. The molecule has 0 unspecified atom stereocenters. The summed E-state index contributed by atoms with van der Waals surface area (Å²) in [5.74, 6) is 1.75. The van der Waals surface area contributed by atoms with Crippen molar-refractivity contribution in [3.8, 4) is 0 Å². The van der Waals surface area contributed by atoms with Crippen LogP contribution in [0.4, 0.5) is 5.95 Å². The van der Waals surface area contributed by atoms with Gasteiger partial charge in [0.1, 0.15) is 5.52 Å². The molecule has 0 aromatic carbocycles. The van der Waals surface area contributed by atoms with Crippen LogP contribution in [0.5, 0.6) is 0 Å². The molecule has 1 aliphatic carbocycles. The number of hydrogen-bond donors (Lipinski definition) is 1. The van der Waals surface area contributed by atoms with Gasteiger partial charge in [0, 0.05) is 38.8 Å². The Balaban J connectivity index is 1.33. The third-order valence-electron chi connectivity index (χ3n) is 5.75. The van der Waals surface area contributed by atoms with E-state index in [0.717, 1.165) is 55.8 Å². The fourth-order valence-electron chi connectivity index (χ4n) is 4.28. The van der Waals surface area contributed by atoms with Gasteiger partial charge in [-0.25, -0.2) is 4.98 Å². The van der Waals surface area contributed by atoms with Crippen molar-refractivity contribution in [2.45, 2.75) is 51.0 Å². The minimum absolute atomic E-state index is 0.249. The first-order valence-corrected chi connectivity index (χ1v) is 9.51. The molecule has 0 atom stereocenters. The summed E-state index contributed by atoms with van der Waals surface area (Å²) in [7, 11) is 2.06. The lowest BCUT2D eigenvalue weighted by Gasteiger charge is -2.32. The van der Waals surface area contributed by atoms with Crippen LogP contribution in [0.3, 0.4) is 0 Å². The van der Waals surface area contributed by atoms with E-state index >= 15 is 0 Å². The SMILES string of the molecule is Cn1c(N2CCC(CC(=O)NC3CCCC3)CC2)nc2cnccc21. The fraction of sp³-hybridized carbons (Fsp3) is 0.632. The number of aromatic nitrogens is 3. The van der Waals surface area contributed by atoms with Gasteiger partial charge in [-0.1, -0.05) is 12.8 Å². The highest BCUT2D eigenvalue weighted by Crippen LogP contribution is 2.27.